The molecule has 1 N–H and O–H groups in total. The van der Waals surface area contributed by atoms with E-state index in [1.54, 1.807) is 24.5 Å². The van der Waals surface area contributed by atoms with Crippen LogP contribution in [0.4, 0.5) is 0 Å². The number of rotatable bonds is 6. The first-order valence-electron chi connectivity index (χ1n) is 8.95. The average Bonchev–Trinajstić information content (AvgIpc) is 3.13. The van der Waals surface area contributed by atoms with Gasteiger partial charge in [0.05, 0.1) is 29.9 Å². The molecule has 28 heavy (non-hydrogen) atoms. The van der Waals surface area contributed by atoms with E-state index in [1.165, 1.54) is 13.2 Å². The SMILES string of the molecule is COc1ccc2c(=O)cc(C(=O)NCCCn3cnc4ccccc43)oc2c1. The van der Waals surface area contributed by atoms with Crippen molar-refractivity contribution >= 4 is 27.9 Å². The lowest BCUT2D eigenvalue weighted by Crippen LogP contribution is -2.26. The van der Waals surface area contributed by atoms with Crippen molar-refractivity contribution in [1.82, 2.24) is 14.9 Å². The highest BCUT2D eigenvalue weighted by atomic mass is 16.5. The van der Waals surface area contributed by atoms with Gasteiger partial charge < -0.3 is 19.0 Å². The Morgan fingerprint density at radius 2 is 2.07 bits per heavy atom. The molecule has 2 aromatic heterocycles. The monoisotopic (exact) mass is 377 g/mol. The van der Waals surface area contributed by atoms with Crippen molar-refractivity contribution in [3.8, 4) is 5.75 Å². The van der Waals surface area contributed by atoms with Crippen molar-refractivity contribution in [3.05, 3.63) is 70.8 Å². The van der Waals surface area contributed by atoms with Crippen molar-refractivity contribution in [2.24, 2.45) is 0 Å². The standard InChI is InChI=1S/C21H19N3O4/c1-27-14-7-8-15-18(25)12-20(28-19(15)11-14)21(26)22-9-4-10-24-13-23-16-5-2-3-6-17(16)24/h2-3,5-8,11-13H,4,9-10H2,1H3,(H,22,26). The molecule has 0 fully saturated rings. The van der Waals surface area contributed by atoms with Crippen molar-refractivity contribution < 1.29 is 13.9 Å². The molecule has 1 amide bonds. The van der Waals surface area contributed by atoms with Crippen LogP contribution in [0.15, 0.2) is 64.1 Å². The Labute approximate surface area is 160 Å². The fraction of sp³-hybridized carbons (Fsp3) is 0.190. The molecule has 0 unspecified atom stereocenters. The summed E-state index contributed by atoms with van der Waals surface area (Å²) in [5, 5.41) is 3.20. The zero-order valence-electron chi connectivity index (χ0n) is 15.3. The number of aromatic nitrogens is 2. The van der Waals surface area contributed by atoms with Gasteiger partial charge in [-0.3, -0.25) is 9.59 Å². The summed E-state index contributed by atoms with van der Waals surface area (Å²) in [7, 11) is 1.53. The third-order valence-corrected chi connectivity index (χ3v) is 4.55. The van der Waals surface area contributed by atoms with E-state index in [0.717, 1.165) is 24.0 Å². The maximum absolute atomic E-state index is 12.4. The highest BCUT2D eigenvalue weighted by Gasteiger charge is 2.12. The second-order valence-corrected chi connectivity index (χ2v) is 6.37. The van der Waals surface area contributed by atoms with Gasteiger partial charge in [-0.15, -0.1) is 0 Å². The number of nitrogens with one attached hydrogen (secondary N) is 1. The van der Waals surface area contributed by atoms with Crippen molar-refractivity contribution in [2.45, 2.75) is 13.0 Å². The van der Waals surface area contributed by atoms with E-state index in [4.69, 9.17) is 9.15 Å². The van der Waals surface area contributed by atoms with Crippen LogP contribution in [0.5, 0.6) is 5.75 Å². The number of imidazole rings is 1. The number of methoxy groups -OCH3 is 1. The number of fused-ring (bicyclic) bond motifs is 2. The van der Waals surface area contributed by atoms with E-state index in [9.17, 15) is 9.59 Å². The number of para-hydroxylation sites is 2. The van der Waals surface area contributed by atoms with Crippen LogP contribution in [0.25, 0.3) is 22.0 Å². The third-order valence-electron chi connectivity index (χ3n) is 4.55. The Morgan fingerprint density at radius 3 is 2.93 bits per heavy atom. The number of carbonyl (C=O) groups is 1. The molecule has 4 aromatic rings. The predicted octanol–water partition coefficient (Wildman–Crippen LogP) is 2.97. The fourth-order valence-corrected chi connectivity index (χ4v) is 3.10. The van der Waals surface area contributed by atoms with Crippen LogP contribution in [0.2, 0.25) is 0 Å². The molecule has 7 heteroatoms. The zero-order valence-corrected chi connectivity index (χ0v) is 15.3. The molecule has 4 rings (SSSR count). The summed E-state index contributed by atoms with van der Waals surface area (Å²) in [4.78, 5) is 28.9. The lowest BCUT2D eigenvalue weighted by molar-refractivity contribution is 0.0925. The Bertz CT molecular complexity index is 1210. The number of nitrogens with zero attached hydrogens (tertiary/aromatic N) is 2. The van der Waals surface area contributed by atoms with Crippen LogP contribution in [-0.2, 0) is 6.54 Å². The van der Waals surface area contributed by atoms with Crippen molar-refractivity contribution in [1.29, 1.82) is 0 Å². The van der Waals surface area contributed by atoms with Gasteiger partial charge in [0.1, 0.15) is 11.3 Å². The molecule has 2 aromatic carbocycles. The van der Waals surface area contributed by atoms with Gasteiger partial charge in [0, 0.05) is 25.2 Å². The molecule has 0 aliphatic rings. The molecule has 2 heterocycles. The number of carbonyl (C=O) groups excluding carboxylic acids is 1. The zero-order chi connectivity index (χ0) is 19.5. The van der Waals surface area contributed by atoms with Gasteiger partial charge in [0.2, 0.25) is 0 Å². The number of aryl methyl sites for hydroxylation is 1. The number of amides is 1. The van der Waals surface area contributed by atoms with E-state index >= 15 is 0 Å². The van der Waals surface area contributed by atoms with Gasteiger partial charge in [-0.05, 0) is 30.7 Å². The first-order valence-corrected chi connectivity index (χ1v) is 8.95. The molecular weight excluding hydrogens is 358 g/mol. The van der Waals surface area contributed by atoms with E-state index in [2.05, 4.69) is 10.3 Å². The first-order chi connectivity index (χ1) is 13.7. The minimum Gasteiger partial charge on any atom is -0.497 e. The van der Waals surface area contributed by atoms with E-state index < -0.39 is 5.91 Å². The van der Waals surface area contributed by atoms with Gasteiger partial charge in [-0.1, -0.05) is 12.1 Å². The molecule has 7 nitrogen and oxygen atoms in total. The van der Waals surface area contributed by atoms with Gasteiger partial charge >= 0.3 is 0 Å². The predicted molar refractivity (Wildman–Crippen MR) is 106 cm³/mol. The minimum atomic E-state index is -0.419. The number of ether oxygens (including phenoxy) is 1. The molecule has 0 aliphatic heterocycles. The summed E-state index contributed by atoms with van der Waals surface area (Å²) in [5.41, 5.74) is 2.06. The highest BCUT2D eigenvalue weighted by Crippen LogP contribution is 2.19. The topological polar surface area (TPSA) is 86.4 Å². The third kappa shape index (κ3) is 3.46. The molecular formula is C21H19N3O4. The summed E-state index contributed by atoms with van der Waals surface area (Å²) >= 11 is 0. The molecule has 0 aliphatic carbocycles. The quantitative estimate of drug-likeness (QED) is 0.522. The Balaban J connectivity index is 1.41. The number of hydrogen-bond acceptors (Lipinski definition) is 5. The van der Waals surface area contributed by atoms with Gasteiger partial charge in [-0.25, -0.2) is 4.98 Å². The van der Waals surface area contributed by atoms with Crippen LogP contribution in [0, 0.1) is 0 Å². The Hall–Kier alpha value is -3.61. The summed E-state index contributed by atoms with van der Waals surface area (Å²) in [6.07, 6.45) is 2.51. The average molecular weight is 377 g/mol. The summed E-state index contributed by atoms with van der Waals surface area (Å²) in [5.74, 6) is 0.122. The minimum absolute atomic E-state index is 0.0150. The molecule has 142 valence electrons. The van der Waals surface area contributed by atoms with Crippen LogP contribution in [-0.4, -0.2) is 29.1 Å². The Kier molecular flexibility index (Phi) is 4.80. The van der Waals surface area contributed by atoms with Gasteiger partial charge in [-0.2, -0.15) is 0 Å². The lowest BCUT2D eigenvalue weighted by Gasteiger charge is -2.07. The van der Waals surface area contributed by atoms with Crippen LogP contribution >= 0.6 is 0 Å². The lowest BCUT2D eigenvalue weighted by atomic mass is 10.2. The summed E-state index contributed by atoms with van der Waals surface area (Å²) in [6.45, 7) is 1.17. The highest BCUT2D eigenvalue weighted by molar-refractivity contribution is 5.93. The van der Waals surface area contributed by atoms with Crippen LogP contribution in [0.3, 0.4) is 0 Å². The molecule has 0 atom stereocenters. The smallest absolute Gasteiger partial charge is 0.287 e. The second-order valence-electron chi connectivity index (χ2n) is 6.37. The maximum atomic E-state index is 12.4. The largest absolute Gasteiger partial charge is 0.497 e. The molecule has 0 bridgehead atoms. The second kappa shape index (κ2) is 7.56. The van der Waals surface area contributed by atoms with Crippen LogP contribution < -0.4 is 15.5 Å². The first kappa shape index (κ1) is 17.8. The summed E-state index contributed by atoms with van der Waals surface area (Å²) < 4.78 is 12.8. The molecule has 0 radical (unpaired) electrons. The maximum Gasteiger partial charge on any atom is 0.287 e. The molecule has 0 saturated heterocycles. The normalized spacial score (nSPS) is 11.0. The van der Waals surface area contributed by atoms with Crippen molar-refractivity contribution in [3.63, 3.8) is 0 Å². The van der Waals surface area contributed by atoms with Crippen molar-refractivity contribution in [2.75, 3.05) is 13.7 Å². The molecule has 0 saturated carbocycles. The number of hydrogen-bond donors (Lipinski definition) is 1. The fourth-order valence-electron chi connectivity index (χ4n) is 3.10. The van der Waals surface area contributed by atoms with E-state index in [0.29, 0.717) is 23.3 Å². The van der Waals surface area contributed by atoms with Crippen LogP contribution in [0.1, 0.15) is 17.0 Å². The van der Waals surface area contributed by atoms with Gasteiger partial charge in [0.25, 0.3) is 5.91 Å². The number of benzene rings is 2. The summed E-state index contributed by atoms with van der Waals surface area (Å²) in [6, 6.07) is 14.0. The van der Waals surface area contributed by atoms with Gasteiger partial charge in [0.15, 0.2) is 11.2 Å². The molecule has 0 spiro atoms. The Morgan fingerprint density at radius 1 is 1.21 bits per heavy atom. The van der Waals surface area contributed by atoms with E-state index in [1.807, 2.05) is 28.8 Å². The van der Waals surface area contributed by atoms with E-state index in [-0.39, 0.29) is 11.2 Å².